The number of halogens is 1. The van der Waals surface area contributed by atoms with E-state index in [2.05, 4.69) is 27.1 Å². The van der Waals surface area contributed by atoms with Gasteiger partial charge in [0.25, 0.3) is 0 Å². The molecule has 1 atom stereocenters. The number of rotatable bonds is 9. The summed E-state index contributed by atoms with van der Waals surface area (Å²) in [5.41, 5.74) is 0. The smallest absolute Gasteiger partial charge is 0.317 e. The number of carbonyl (C=O) groups excluding carboxylic acids is 3. The maximum Gasteiger partial charge on any atom is 0.317 e. The highest BCUT2D eigenvalue weighted by molar-refractivity contribution is 7.99. The van der Waals surface area contributed by atoms with Crippen molar-refractivity contribution in [2.75, 3.05) is 56.5 Å². The van der Waals surface area contributed by atoms with Crippen molar-refractivity contribution in [3.8, 4) is 0 Å². The predicted octanol–water partition coefficient (Wildman–Crippen LogP) is 3.04. The number of nitrogens with one attached hydrogen (secondary N) is 1. The van der Waals surface area contributed by atoms with Crippen molar-refractivity contribution in [1.29, 1.82) is 0 Å². The molecule has 1 aromatic heterocycles. The standard InChI is InChI=1S/C24H37ClN6O4S/c1-4-6-9-26-24(34)31-13-12-30(15-17(31)3)20-14-19(25)27-23(28-20)36-16-21(32)29-10-7-18(8-11-29)22(33)35-5-2/h14,17-18H,4-13,15-16H2,1-3H3,(H,26,34). The molecule has 1 N–H and O–H groups in total. The summed E-state index contributed by atoms with van der Waals surface area (Å²) in [6.07, 6.45) is 3.24. The zero-order valence-corrected chi connectivity index (χ0v) is 22.9. The lowest BCUT2D eigenvalue weighted by Gasteiger charge is -2.40. The van der Waals surface area contributed by atoms with Gasteiger partial charge in [0, 0.05) is 51.4 Å². The van der Waals surface area contributed by atoms with E-state index in [1.165, 1.54) is 11.8 Å². The van der Waals surface area contributed by atoms with Crippen molar-refractivity contribution >= 4 is 47.1 Å². The van der Waals surface area contributed by atoms with Gasteiger partial charge in [-0.15, -0.1) is 0 Å². The molecule has 3 amide bonds. The molecule has 12 heteroatoms. The van der Waals surface area contributed by atoms with Gasteiger partial charge >= 0.3 is 12.0 Å². The summed E-state index contributed by atoms with van der Waals surface area (Å²) in [6, 6.07) is 1.71. The van der Waals surface area contributed by atoms with Gasteiger partial charge in [0.05, 0.1) is 18.3 Å². The Morgan fingerprint density at radius 1 is 1.17 bits per heavy atom. The lowest BCUT2D eigenvalue weighted by Crippen LogP contribution is -2.56. The minimum atomic E-state index is -0.175. The molecule has 1 unspecified atom stereocenters. The fraction of sp³-hybridized carbons (Fsp3) is 0.708. The molecule has 2 fully saturated rings. The van der Waals surface area contributed by atoms with E-state index in [1.54, 1.807) is 17.9 Å². The molecule has 3 heterocycles. The molecule has 10 nitrogen and oxygen atoms in total. The Labute approximate surface area is 222 Å². The van der Waals surface area contributed by atoms with E-state index in [0.717, 1.165) is 12.8 Å². The number of urea groups is 1. The average molecular weight is 541 g/mol. The van der Waals surface area contributed by atoms with Crippen LogP contribution in [0.4, 0.5) is 10.6 Å². The Kier molecular flexibility index (Phi) is 10.9. The summed E-state index contributed by atoms with van der Waals surface area (Å²) >= 11 is 7.54. The number of aromatic nitrogens is 2. The number of anilines is 1. The molecule has 2 aliphatic heterocycles. The van der Waals surface area contributed by atoms with Gasteiger partial charge in [0.1, 0.15) is 11.0 Å². The molecule has 3 rings (SSSR count). The summed E-state index contributed by atoms with van der Waals surface area (Å²) in [4.78, 5) is 51.8. The molecular weight excluding hydrogens is 504 g/mol. The van der Waals surface area contributed by atoms with Gasteiger partial charge < -0.3 is 24.8 Å². The number of hydrogen-bond acceptors (Lipinski definition) is 8. The van der Waals surface area contributed by atoms with Crippen LogP contribution in [0.15, 0.2) is 11.2 Å². The maximum absolute atomic E-state index is 12.7. The zero-order chi connectivity index (χ0) is 26.1. The summed E-state index contributed by atoms with van der Waals surface area (Å²) in [7, 11) is 0. The number of thioether (sulfide) groups is 1. The molecule has 0 spiro atoms. The minimum absolute atomic E-state index is 0.0104. The molecule has 200 valence electrons. The topological polar surface area (TPSA) is 108 Å². The largest absolute Gasteiger partial charge is 0.466 e. The fourth-order valence-corrected chi connectivity index (χ4v) is 5.38. The normalized spacial score (nSPS) is 18.8. The number of piperidine rings is 1. The number of nitrogens with zero attached hydrogens (tertiary/aromatic N) is 5. The quantitative estimate of drug-likeness (QED) is 0.167. The van der Waals surface area contributed by atoms with E-state index in [4.69, 9.17) is 16.3 Å². The van der Waals surface area contributed by atoms with Crippen LogP contribution in [-0.4, -0.2) is 95.3 Å². The molecule has 0 saturated carbocycles. The Bertz CT molecular complexity index is 915. The van der Waals surface area contributed by atoms with E-state index < -0.39 is 0 Å². The van der Waals surface area contributed by atoms with Gasteiger partial charge in [0.2, 0.25) is 5.91 Å². The van der Waals surface area contributed by atoms with Crippen LogP contribution < -0.4 is 10.2 Å². The molecule has 0 bridgehead atoms. The Morgan fingerprint density at radius 2 is 1.92 bits per heavy atom. The van der Waals surface area contributed by atoms with Crippen LogP contribution in [0, 0.1) is 5.92 Å². The summed E-state index contributed by atoms with van der Waals surface area (Å²) < 4.78 is 5.10. The maximum atomic E-state index is 12.7. The molecule has 2 aliphatic rings. The Morgan fingerprint density at radius 3 is 2.58 bits per heavy atom. The second-order valence-electron chi connectivity index (χ2n) is 9.10. The fourth-order valence-electron chi connectivity index (χ4n) is 4.40. The second-order valence-corrected chi connectivity index (χ2v) is 10.4. The first-order valence-electron chi connectivity index (χ1n) is 12.7. The van der Waals surface area contributed by atoms with E-state index >= 15 is 0 Å². The van der Waals surface area contributed by atoms with Crippen molar-refractivity contribution in [1.82, 2.24) is 25.1 Å². The van der Waals surface area contributed by atoms with Crippen LogP contribution in [-0.2, 0) is 14.3 Å². The highest BCUT2D eigenvalue weighted by atomic mass is 35.5. The third kappa shape index (κ3) is 7.86. The van der Waals surface area contributed by atoms with Crippen molar-refractivity contribution < 1.29 is 19.1 Å². The van der Waals surface area contributed by atoms with E-state index in [-0.39, 0.29) is 35.6 Å². The lowest BCUT2D eigenvalue weighted by atomic mass is 9.97. The van der Waals surface area contributed by atoms with Gasteiger partial charge in [0.15, 0.2) is 5.16 Å². The molecule has 0 radical (unpaired) electrons. The van der Waals surface area contributed by atoms with Gasteiger partial charge in [-0.25, -0.2) is 14.8 Å². The number of esters is 1. The summed E-state index contributed by atoms with van der Waals surface area (Å²) in [5.74, 6) is 0.574. The van der Waals surface area contributed by atoms with Crippen LogP contribution in [0.2, 0.25) is 5.15 Å². The first kappa shape index (κ1) is 28.3. The van der Waals surface area contributed by atoms with Crippen LogP contribution in [0.1, 0.15) is 46.5 Å². The number of hydrogen-bond donors (Lipinski definition) is 1. The van der Waals surface area contributed by atoms with E-state index in [9.17, 15) is 14.4 Å². The minimum Gasteiger partial charge on any atom is -0.466 e. The van der Waals surface area contributed by atoms with E-state index in [1.807, 2.05) is 11.8 Å². The molecule has 36 heavy (non-hydrogen) atoms. The Balaban J connectivity index is 1.51. The van der Waals surface area contributed by atoms with Gasteiger partial charge in [-0.1, -0.05) is 36.7 Å². The SMILES string of the molecule is CCCCNC(=O)N1CCN(c2cc(Cl)nc(SCC(=O)N3CCC(C(=O)OCC)CC3)n2)CC1C. The predicted molar refractivity (Wildman–Crippen MR) is 140 cm³/mol. The van der Waals surface area contributed by atoms with Gasteiger partial charge in [-0.3, -0.25) is 9.59 Å². The third-order valence-corrected chi connectivity index (χ3v) is 7.50. The van der Waals surface area contributed by atoms with Crippen molar-refractivity contribution in [2.45, 2.75) is 57.7 Å². The summed E-state index contributed by atoms with van der Waals surface area (Å²) in [6.45, 7) is 9.91. The number of unbranched alkanes of at least 4 members (excludes halogenated alkanes) is 1. The third-order valence-electron chi connectivity index (χ3n) is 6.47. The molecule has 1 aromatic rings. The Hall–Kier alpha value is -2.27. The van der Waals surface area contributed by atoms with E-state index in [0.29, 0.717) is 74.8 Å². The van der Waals surface area contributed by atoms with Crippen molar-refractivity contribution in [3.63, 3.8) is 0 Å². The highest BCUT2D eigenvalue weighted by Gasteiger charge is 2.30. The first-order chi connectivity index (χ1) is 17.3. The highest BCUT2D eigenvalue weighted by Crippen LogP contribution is 2.25. The van der Waals surface area contributed by atoms with Gasteiger partial charge in [-0.05, 0) is 33.1 Å². The monoisotopic (exact) mass is 540 g/mol. The van der Waals surface area contributed by atoms with Gasteiger partial charge in [-0.2, -0.15) is 0 Å². The average Bonchev–Trinajstić information content (AvgIpc) is 2.87. The number of carbonyl (C=O) groups is 3. The number of amides is 3. The molecule has 0 aromatic carbocycles. The molecule has 0 aliphatic carbocycles. The first-order valence-corrected chi connectivity index (χ1v) is 14.1. The molecular formula is C24H37ClN6O4S. The molecule has 2 saturated heterocycles. The zero-order valence-electron chi connectivity index (χ0n) is 21.4. The van der Waals surface area contributed by atoms with Crippen LogP contribution in [0.25, 0.3) is 0 Å². The second kappa shape index (κ2) is 13.9. The number of piperazine rings is 1. The van der Waals surface area contributed by atoms with Crippen LogP contribution >= 0.6 is 23.4 Å². The number of likely N-dealkylation sites (tertiary alicyclic amines) is 1. The summed E-state index contributed by atoms with van der Waals surface area (Å²) in [5, 5.41) is 3.75. The van der Waals surface area contributed by atoms with Crippen molar-refractivity contribution in [2.24, 2.45) is 5.92 Å². The van der Waals surface area contributed by atoms with Crippen molar-refractivity contribution in [3.05, 3.63) is 11.2 Å². The van der Waals surface area contributed by atoms with Crippen LogP contribution in [0.5, 0.6) is 0 Å². The lowest BCUT2D eigenvalue weighted by molar-refractivity contribution is -0.151. The van der Waals surface area contributed by atoms with Crippen LogP contribution in [0.3, 0.4) is 0 Å². The number of ether oxygens (including phenoxy) is 1.